The van der Waals surface area contributed by atoms with Gasteiger partial charge in [0.15, 0.2) is 0 Å². The lowest BCUT2D eigenvalue weighted by Gasteiger charge is -2.41. The van der Waals surface area contributed by atoms with Gasteiger partial charge in [-0.15, -0.1) is 0 Å². The van der Waals surface area contributed by atoms with Crippen molar-refractivity contribution >= 4 is 5.97 Å². The minimum absolute atomic E-state index is 0.316. The molecule has 3 heteroatoms. The smallest absolute Gasteiger partial charge is 0.303 e. The van der Waals surface area contributed by atoms with E-state index in [2.05, 4.69) is 18.7 Å². The first-order chi connectivity index (χ1) is 9.08. The second kappa shape index (κ2) is 6.74. The molecule has 0 aromatic heterocycles. The van der Waals surface area contributed by atoms with Gasteiger partial charge in [-0.3, -0.25) is 4.79 Å². The van der Waals surface area contributed by atoms with Crippen LogP contribution in [-0.2, 0) is 4.79 Å². The Balaban J connectivity index is 1.87. The van der Waals surface area contributed by atoms with Crippen LogP contribution in [0.3, 0.4) is 0 Å². The Morgan fingerprint density at radius 3 is 2.42 bits per heavy atom. The third kappa shape index (κ3) is 3.95. The molecular formula is C16H29NO2. The van der Waals surface area contributed by atoms with Crippen LogP contribution in [0.15, 0.2) is 0 Å². The molecule has 2 rings (SSSR count). The molecule has 1 saturated carbocycles. The summed E-state index contributed by atoms with van der Waals surface area (Å²) in [5.41, 5.74) is 0. The topological polar surface area (TPSA) is 40.5 Å². The zero-order valence-corrected chi connectivity index (χ0v) is 12.5. The number of piperidine rings is 1. The molecule has 110 valence electrons. The highest BCUT2D eigenvalue weighted by Gasteiger charge is 2.32. The number of hydrogen-bond donors (Lipinski definition) is 1. The van der Waals surface area contributed by atoms with Gasteiger partial charge in [0.05, 0.1) is 0 Å². The first-order valence-corrected chi connectivity index (χ1v) is 8.03. The molecule has 0 amide bonds. The standard InChI is InChI=1S/C16H29NO2/c1-12(10-16(18)19)15-8-5-9-17(11-15)13(2)14-6-3-4-7-14/h12-15H,3-11H2,1-2H3,(H,18,19). The molecule has 1 aliphatic heterocycles. The van der Waals surface area contributed by atoms with Gasteiger partial charge in [0.2, 0.25) is 0 Å². The van der Waals surface area contributed by atoms with Crippen molar-refractivity contribution in [1.82, 2.24) is 4.90 Å². The van der Waals surface area contributed by atoms with E-state index in [1.165, 1.54) is 45.1 Å². The van der Waals surface area contributed by atoms with E-state index in [0.29, 0.717) is 24.3 Å². The first kappa shape index (κ1) is 14.8. The predicted octanol–water partition coefficient (Wildman–Crippen LogP) is 3.39. The molecule has 1 N–H and O–H groups in total. The number of rotatable bonds is 5. The van der Waals surface area contributed by atoms with Crippen molar-refractivity contribution in [3.63, 3.8) is 0 Å². The lowest BCUT2D eigenvalue weighted by atomic mass is 9.83. The Morgan fingerprint density at radius 1 is 1.16 bits per heavy atom. The Morgan fingerprint density at radius 2 is 1.79 bits per heavy atom. The maximum absolute atomic E-state index is 10.9. The van der Waals surface area contributed by atoms with Crippen LogP contribution in [-0.4, -0.2) is 35.1 Å². The summed E-state index contributed by atoms with van der Waals surface area (Å²) in [5.74, 6) is 1.13. The van der Waals surface area contributed by atoms with Gasteiger partial charge in [0.25, 0.3) is 0 Å². The SMILES string of the molecule is CC(CC(=O)O)C1CCCN(C(C)C2CCCC2)C1. The van der Waals surface area contributed by atoms with E-state index in [9.17, 15) is 4.79 Å². The highest BCUT2D eigenvalue weighted by Crippen LogP contribution is 2.33. The van der Waals surface area contributed by atoms with Crippen molar-refractivity contribution in [2.45, 2.75) is 64.8 Å². The van der Waals surface area contributed by atoms with Crippen LogP contribution >= 0.6 is 0 Å². The Hall–Kier alpha value is -0.570. The molecule has 2 fully saturated rings. The number of carboxylic acids is 1. The van der Waals surface area contributed by atoms with E-state index >= 15 is 0 Å². The molecule has 0 spiro atoms. The molecular weight excluding hydrogens is 238 g/mol. The summed E-state index contributed by atoms with van der Waals surface area (Å²) in [6, 6.07) is 0.697. The van der Waals surface area contributed by atoms with Gasteiger partial charge in [-0.25, -0.2) is 0 Å². The summed E-state index contributed by atoms with van der Waals surface area (Å²) < 4.78 is 0. The second-order valence-electron chi connectivity index (χ2n) is 6.76. The summed E-state index contributed by atoms with van der Waals surface area (Å²) in [4.78, 5) is 13.5. The van der Waals surface area contributed by atoms with Crippen LogP contribution < -0.4 is 0 Å². The first-order valence-electron chi connectivity index (χ1n) is 8.03. The van der Waals surface area contributed by atoms with Crippen molar-refractivity contribution < 1.29 is 9.90 Å². The third-order valence-corrected chi connectivity index (χ3v) is 5.45. The molecule has 1 saturated heterocycles. The van der Waals surface area contributed by atoms with Crippen LogP contribution in [0.5, 0.6) is 0 Å². The number of hydrogen-bond acceptors (Lipinski definition) is 2. The monoisotopic (exact) mass is 267 g/mol. The molecule has 3 nitrogen and oxygen atoms in total. The minimum Gasteiger partial charge on any atom is -0.481 e. The van der Waals surface area contributed by atoms with E-state index < -0.39 is 5.97 Å². The minimum atomic E-state index is -0.645. The highest BCUT2D eigenvalue weighted by molar-refractivity contribution is 5.67. The van der Waals surface area contributed by atoms with Crippen LogP contribution in [0.2, 0.25) is 0 Å². The van der Waals surface area contributed by atoms with Crippen LogP contribution in [0.25, 0.3) is 0 Å². The van der Waals surface area contributed by atoms with Gasteiger partial charge in [-0.05, 0) is 56.9 Å². The fourth-order valence-corrected chi connectivity index (χ4v) is 4.05. The normalized spacial score (nSPS) is 29.3. The molecule has 1 heterocycles. The number of likely N-dealkylation sites (tertiary alicyclic amines) is 1. The molecule has 0 aromatic rings. The molecule has 0 bridgehead atoms. The Labute approximate surface area is 117 Å². The molecule has 3 atom stereocenters. The Kier molecular flexibility index (Phi) is 5.26. The summed E-state index contributed by atoms with van der Waals surface area (Å²) in [6.45, 7) is 6.84. The quantitative estimate of drug-likeness (QED) is 0.830. The number of carbonyl (C=O) groups is 1. The predicted molar refractivity (Wildman–Crippen MR) is 77.1 cm³/mol. The highest BCUT2D eigenvalue weighted by atomic mass is 16.4. The summed E-state index contributed by atoms with van der Waals surface area (Å²) in [5, 5.41) is 8.95. The van der Waals surface area contributed by atoms with E-state index in [-0.39, 0.29) is 0 Å². The summed E-state index contributed by atoms with van der Waals surface area (Å²) in [7, 11) is 0. The van der Waals surface area contributed by atoms with Crippen molar-refractivity contribution in [2.24, 2.45) is 17.8 Å². The summed E-state index contributed by atoms with van der Waals surface area (Å²) in [6.07, 6.45) is 8.38. The van der Waals surface area contributed by atoms with Crippen LogP contribution in [0.4, 0.5) is 0 Å². The van der Waals surface area contributed by atoms with Gasteiger partial charge in [-0.2, -0.15) is 0 Å². The second-order valence-corrected chi connectivity index (χ2v) is 6.76. The fraction of sp³-hybridized carbons (Fsp3) is 0.938. The lowest BCUT2D eigenvalue weighted by molar-refractivity contribution is -0.138. The van der Waals surface area contributed by atoms with Gasteiger partial charge >= 0.3 is 5.97 Å². The van der Waals surface area contributed by atoms with Crippen molar-refractivity contribution in [3.05, 3.63) is 0 Å². The van der Waals surface area contributed by atoms with Gasteiger partial charge in [0, 0.05) is 19.0 Å². The maximum Gasteiger partial charge on any atom is 0.303 e. The summed E-state index contributed by atoms with van der Waals surface area (Å²) >= 11 is 0. The molecule has 0 radical (unpaired) electrons. The average Bonchev–Trinajstić information content (AvgIpc) is 2.91. The van der Waals surface area contributed by atoms with Crippen molar-refractivity contribution in [3.8, 4) is 0 Å². The third-order valence-electron chi connectivity index (χ3n) is 5.45. The lowest BCUT2D eigenvalue weighted by Crippen LogP contribution is -2.45. The average molecular weight is 267 g/mol. The zero-order valence-electron chi connectivity index (χ0n) is 12.5. The van der Waals surface area contributed by atoms with Gasteiger partial charge < -0.3 is 10.0 Å². The number of carboxylic acid groups (broad SMARTS) is 1. The number of aliphatic carboxylic acids is 1. The number of nitrogens with zero attached hydrogens (tertiary/aromatic N) is 1. The molecule has 3 unspecified atom stereocenters. The fourth-order valence-electron chi connectivity index (χ4n) is 4.05. The van der Waals surface area contributed by atoms with Crippen molar-refractivity contribution in [2.75, 3.05) is 13.1 Å². The molecule has 0 aromatic carbocycles. The maximum atomic E-state index is 10.9. The molecule has 2 aliphatic rings. The molecule has 1 aliphatic carbocycles. The van der Waals surface area contributed by atoms with E-state index in [4.69, 9.17) is 5.11 Å². The van der Waals surface area contributed by atoms with E-state index in [0.717, 1.165) is 12.5 Å². The largest absolute Gasteiger partial charge is 0.481 e. The molecule has 19 heavy (non-hydrogen) atoms. The van der Waals surface area contributed by atoms with Crippen LogP contribution in [0.1, 0.15) is 58.8 Å². The van der Waals surface area contributed by atoms with Crippen LogP contribution in [0, 0.1) is 17.8 Å². The van der Waals surface area contributed by atoms with Gasteiger partial charge in [-0.1, -0.05) is 19.8 Å². The zero-order chi connectivity index (χ0) is 13.8. The Bertz CT molecular complexity index is 299. The van der Waals surface area contributed by atoms with Crippen molar-refractivity contribution in [1.29, 1.82) is 0 Å². The van der Waals surface area contributed by atoms with E-state index in [1.807, 2.05) is 0 Å². The van der Waals surface area contributed by atoms with E-state index in [1.54, 1.807) is 0 Å². The van der Waals surface area contributed by atoms with Gasteiger partial charge in [0.1, 0.15) is 0 Å².